The Morgan fingerprint density at radius 3 is 3.06 bits per heavy atom. The van der Waals surface area contributed by atoms with Gasteiger partial charge in [-0.3, -0.25) is 5.41 Å². The number of nitrogens with zero attached hydrogens (tertiary/aromatic N) is 2. The van der Waals surface area contributed by atoms with Gasteiger partial charge in [0.2, 0.25) is 0 Å². The standard InChI is InChI=1S/C7H12N6O3/c8-7(11-13(14)15)10-3-2-9-5-6-1-4-16-12-6/h1,4,9H,2-3,5H2,(H3,8,10,11). The van der Waals surface area contributed by atoms with E-state index in [9.17, 15) is 10.1 Å². The second-order valence-electron chi connectivity index (χ2n) is 2.84. The Kier molecular flexibility index (Phi) is 4.73. The van der Waals surface area contributed by atoms with Gasteiger partial charge in [-0.2, -0.15) is 0 Å². The van der Waals surface area contributed by atoms with Crippen LogP contribution in [0.5, 0.6) is 0 Å². The topological polar surface area (TPSA) is 129 Å². The number of hydrogen-bond donors (Lipinski definition) is 4. The van der Waals surface area contributed by atoms with E-state index in [4.69, 9.17) is 5.41 Å². The molecule has 0 saturated heterocycles. The van der Waals surface area contributed by atoms with E-state index in [1.807, 2.05) is 0 Å². The molecule has 1 rings (SSSR count). The molecule has 0 aliphatic heterocycles. The molecule has 0 amide bonds. The van der Waals surface area contributed by atoms with Crippen LogP contribution >= 0.6 is 0 Å². The minimum atomic E-state index is -0.793. The van der Waals surface area contributed by atoms with Gasteiger partial charge < -0.3 is 15.2 Å². The van der Waals surface area contributed by atoms with Gasteiger partial charge in [0.15, 0.2) is 5.03 Å². The second kappa shape index (κ2) is 6.35. The highest BCUT2D eigenvalue weighted by Crippen LogP contribution is 1.91. The van der Waals surface area contributed by atoms with E-state index in [2.05, 4.69) is 20.3 Å². The van der Waals surface area contributed by atoms with Crippen LogP contribution in [0.15, 0.2) is 16.9 Å². The van der Waals surface area contributed by atoms with Crippen LogP contribution in [0, 0.1) is 15.5 Å². The number of guanidine groups is 1. The Labute approximate surface area is 90.8 Å². The van der Waals surface area contributed by atoms with Crippen LogP contribution in [0.4, 0.5) is 0 Å². The molecule has 0 atom stereocenters. The molecule has 0 saturated carbocycles. The molecule has 0 fully saturated rings. The van der Waals surface area contributed by atoms with Gasteiger partial charge in [-0.15, -0.1) is 0 Å². The first kappa shape index (κ1) is 11.9. The van der Waals surface area contributed by atoms with Crippen molar-refractivity contribution in [3.05, 3.63) is 28.1 Å². The van der Waals surface area contributed by atoms with Gasteiger partial charge in [0.05, 0.1) is 5.69 Å². The summed E-state index contributed by atoms with van der Waals surface area (Å²) in [5.41, 5.74) is 2.46. The molecule has 0 aliphatic rings. The summed E-state index contributed by atoms with van der Waals surface area (Å²) < 4.78 is 4.63. The third-order valence-electron chi connectivity index (χ3n) is 1.60. The molecule has 88 valence electrons. The molecular weight excluding hydrogens is 216 g/mol. The van der Waals surface area contributed by atoms with Crippen molar-refractivity contribution in [3.8, 4) is 0 Å². The molecule has 0 spiro atoms. The molecule has 1 heterocycles. The largest absolute Gasteiger partial charge is 0.364 e. The number of aromatic nitrogens is 1. The lowest BCUT2D eigenvalue weighted by atomic mass is 10.4. The van der Waals surface area contributed by atoms with Crippen LogP contribution in [-0.4, -0.2) is 29.2 Å². The fourth-order valence-corrected chi connectivity index (χ4v) is 0.952. The third kappa shape index (κ3) is 4.91. The van der Waals surface area contributed by atoms with Gasteiger partial charge in [0, 0.05) is 25.7 Å². The molecule has 0 unspecified atom stereocenters. The molecule has 9 heteroatoms. The molecule has 1 aromatic rings. The fourth-order valence-electron chi connectivity index (χ4n) is 0.952. The van der Waals surface area contributed by atoms with Crippen LogP contribution < -0.4 is 16.1 Å². The normalized spacial score (nSPS) is 9.75. The molecule has 0 bridgehead atoms. The van der Waals surface area contributed by atoms with Crippen molar-refractivity contribution in [3.63, 3.8) is 0 Å². The monoisotopic (exact) mass is 228 g/mol. The average Bonchev–Trinajstić information content (AvgIpc) is 2.68. The van der Waals surface area contributed by atoms with Crippen molar-refractivity contribution in [1.82, 2.24) is 21.2 Å². The van der Waals surface area contributed by atoms with Gasteiger partial charge >= 0.3 is 0 Å². The molecule has 16 heavy (non-hydrogen) atoms. The quantitative estimate of drug-likeness (QED) is 0.163. The van der Waals surface area contributed by atoms with Crippen molar-refractivity contribution < 1.29 is 9.56 Å². The first-order chi connectivity index (χ1) is 7.68. The van der Waals surface area contributed by atoms with E-state index < -0.39 is 5.03 Å². The Hall–Kier alpha value is -2.16. The molecule has 9 nitrogen and oxygen atoms in total. The fraction of sp³-hybridized carbons (Fsp3) is 0.429. The van der Waals surface area contributed by atoms with Gasteiger partial charge in [-0.05, 0) is 0 Å². The number of nitro groups is 1. The number of hydrogen-bond acceptors (Lipinski definition) is 6. The lowest BCUT2D eigenvalue weighted by Gasteiger charge is -2.05. The number of hydrazine groups is 1. The smallest absolute Gasteiger partial charge is 0.251 e. The number of nitrogens with one attached hydrogen (secondary N) is 4. The van der Waals surface area contributed by atoms with Crippen molar-refractivity contribution in [1.29, 1.82) is 5.41 Å². The zero-order valence-corrected chi connectivity index (χ0v) is 8.40. The summed E-state index contributed by atoms with van der Waals surface area (Å²) in [6.45, 7) is 1.50. The number of rotatable bonds is 6. The summed E-state index contributed by atoms with van der Waals surface area (Å²) in [5, 5.41) is 25.4. The minimum absolute atomic E-state index is 0.340. The maximum atomic E-state index is 9.93. The molecule has 0 radical (unpaired) electrons. The van der Waals surface area contributed by atoms with Gasteiger partial charge in [-0.25, -0.2) is 10.1 Å². The van der Waals surface area contributed by atoms with E-state index in [0.717, 1.165) is 5.69 Å². The van der Waals surface area contributed by atoms with Crippen LogP contribution in [0.25, 0.3) is 0 Å². The van der Waals surface area contributed by atoms with Crippen molar-refractivity contribution >= 4 is 5.96 Å². The molecule has 0 aromatic carbocycles. The Morgan fingerprint density at radius 1 is 1.62 bits per heavy atom. The first-order valence-corrected chi connectivity index (χ1v) is 4.52. The van der Waals surface area contributed by atoms with Crippen molar-refractivity contribution in [2.24, 2.45) is 0 Å². The lowest BCUT2D eigenvalue weighted by molar-refractivity contribution is -0.525. The zero-order valence-electron chi connectivity index (χ0n) is 8.40. The Morgan fingerprint density at radius 2 is 2.44 bits per heavy atom. The van der Waals surface area contributed by atoms with Crippen LogP contribution in [-0.2, 0) is 6.54 Å². The highest BCUT2D eigenvalue weighted by Gasteiger charge is 2.00. The SMILES string of the molecule is N=C(NCCNCc1ccon1)N[N+](=O)[O-]. The molecular formula is C7H12N6O3. The van der Waals surface area contributed by atoms with Crippen LogP contribution in [0.1, 0.15) is 5.69 Å². The van der Waals surface area contributed by atoms with E-state index in [-0.39, 0.29) is 5.96 Å². The summed E-state index contributed by atoms with van der Waals surface area (Å²) in [6.07, 6.45) is 1.48. The van der Waals surface area contributed by atoms with E-state index >= 15 is 0 Å². The van der Waals surface area contributed by atoms with Gasteiger partial charge in [0.1, 0.15) is 6.26 Å². The van der Waals surface area contributed by atoms with Crippen molar-refractivity contribution in [2.75, 3.05) is 13.1 Å². The minimum Gasteiger partial charge on any atom is -0.364 e. The van der Waals surface area contributed by atoms with Gasteiger partial charge in [-0.1, -0.05) is 10.6 Å². The summed E-state index contributed by atoms with van der Waals surface area (Å²) in [4.78, 5) is 9.93. The highest BCUT2D eigenvalue weighted by molar-refractivity contribution is 5.74. The average molecular weight is 228 g/mol. The highest BCUT2D eigenvalue weighted by atomic mass is 16.7. The lowest BCUT2D eigenvalue weighted by Crippen LogP contribution is -2.42. The van der Waals surface area contributed by atoms with Crippen LogP contribution in [0.2, 0.25) is 0 Å². The first-order valence-electron chi connectivity index (χ1n) is 4.52. The Balaban J connectivity index is 2.00. The van der Waals surface area contributed by atoms with Gasteiger partial charge in [0.25, 0.3) is 5.96 Å². The zero-order chi connectivity index (χ0) is 11.8. The predicted molar refractivity (Wildman–Crippen MR) is 54.1 cm³/mol. The maximum Gasteiger partial charge on any atom is 0.251 e. The second-order valence-corrected chi connectivity index (χ2v) is 2.84. The molecule has 0 aliphatic carbocycles. The van der Waals surface area contributed by atoms with E-state index in [1.54, 1.807) is 11.5 Å². The molecule has 1 aromatic heterocycles. The summed E-state index contributed by atoms with van der Waals surface area (Å²) in [5.74, 6) is -0.340. The summed E-state index contributed by atoms with van der Waals surface area (Å²) >= 11 is 0. The van der Waals surface area contributed by atoms with E-state index in [1.165, 1.54) is 6.26 Å². The summed E-state index contributed by atoms with van der Waals surface area (Å²) in [7, 11) is 0. The van der Waals surface area contributed by atoms with Crippen LogP contribution in [0.3, 0.4) is 0 Å². The Bertz CT molecular complexity index is 338. The molecule has 4 N–H and O–H groups in total. The summed E-state index contributed by atoms with van der Waals surface area (Å²) in [6, 6.07) is 1.73. The predicted octanol–water partition coefficient (Wildman–Crippen LogP) is -0.930. The van der Waals surface area contributed by atoms with E-state index in [0.29, 0.717) is 19.6 Å². The van der Waals surface area contributed by atoms with Crippen molar-refractivity contribution in [2.45, 2.75) is 6.54 Å². The maximum absolute atomic E-state index is 9.93. The third-order valence-corrected chi connectivity index (χ3v) is 1.60.